The van der Waals surface area contributed by atoms with Crippen molar-refractivity contribution in [3.8, 4) is 0 Å². The van der Waals surface area contributed by atoms with Gasteiger partial charge in [-0.3, -0.25) is 14.5 Å². The van der Waals surface area contributed by atoms with E-state index >= 15 is 0 Å². The number of carboxylic acid groups (broad SMARTS) is 1. The van der Waals surface area contributed by atoms with E-state index < -0.39 is 34.9 Å². The van der Waals surface area contributed by atoms with Crippen molar-refractivity contribution in [3.05, 3.63) is 33.2 Å². The number of nitrogens with zero attached hydrogens (tertiary/aromatic N) is 4. The van der Waals surface area contributed by atoms with Crippen molar-refractivity contribution in [2.24, 2.45) is 10.3 Å². The Balaban J connectivity index is 1.73. The lowest BCUT2D eigenvalue weighted by Crippen LogP contribution is -2.71. The number of oxime groups is 2. The number of aromatic nitrogens is 1. The molecule has 0 aromatic carbocycles. The fourth-order valence-corrected chi connectivity index (χ4v) is 5.58. The van der Waals surface area contributed by atoms with Crippen LogP contribution in [0.1, 0.15) is 5.69 Å². The van der Waals surface area contributed by atoms with Crippen LogP contribution in [0.2, 0.25) is 0 Å². The fourth-order valence-electron chi connectivity index (χ4n) is 2.75. The van der Waals surface area contributed by atoms with Gasteiger partial charge in [-0.2, -0.15) is 0 Å². The van der Waals surface area contributed by atoms with Gasteiger partial charge in [0, 0.05) is 16.0 Å². The molecule has 31 heavy (non-hydrogen) atoms. The molecular formula is C16H16N6O6S3. The number of aliphatic carboxylic acids is 1. The lowest BCUT2D eigenvalue weighted by molar-refractivity contribution is -0.150. The van der Waals surface area contributed by atoms with Gasteiger partial charge in [0.05, 0.1) is 6.21 Å². The molecule has 0 radical (unpaired) electrons. The zero-order chi connectivity index (χ0) is 22.5. The Hall–Kier alpha value is -3.04. The maximum Gasteiger partial charge on any atom is 0.353 e. The summed E-state index contributed by atoms with van der Waals surface area (Å²) in [5.41, 5.74) is 5.06. The molecule has 1 unspecified atom stereocenters. The maximum atomic E-state index is 12.7. The largest absolute Gasteiger partial charge is 0.477 e. The van der Waals surface area contributed by atoms with Gasteiger partial charge in [-0.05, 0) is 11.5 Å². The number of allylic oxidation sites excluding steroid dienone is 1. The second-order valence-electron chi connectivity index (χ2n) is 5.84. The average molecular weight is 485 g/mol. The molecule has 0 aliphatic carbocycles. The van der Waals surface area contributed by atoms with Crippen molar-refractivity contribution in [2.45, 2.75) is 11.4 Å². The first kappa shape index (κ1) is 22.6. The number of hydrogen-bond donors (Lipinski definition) is 4. The molecule has 12 nitrogen and oxygen atoms in total. The van der Waals surface area contributed by atoms with Gasteiger partial charge in [0.2, 0.25) is 0 Å². The van der Waals surface area contributed by atoms with E-state index in [0.717, 1.165) is 28.0 Å². The number of amides is 2. The van der Waals surface area contributed by atoms with Crippen LogP contribution in [0.25, 0.3) is 0 Å². The van der Waals surface area contributed by atoms with E-state index in [2.05, 4.69) is 25.4 Å². The van der Waals surface area contributed by atoms with Crippen molar-refractivity contribution in [3.63, 3.8) is 0 Å². The number of rotatable bonds is 8. The molecule has 0 bridgehead atoms. The quantitative estimate of drug-likeness (QED) is 0.175. The third kappa shape index (κ3) is 4.67. The lowest BCUT2D eigenvalue weighted by Gasteiger charge is -2.49. The molecule has 3 rings (SSSR count). The molecule has 1 fully saturated rings. The second-order valence-corrected chi connectivity index (χ2v) is 8.84. The van der Waals surface area contributed by atoms with E-state index in [-0.39, 0.29) is 16.5 Å². The minimum absolute atomic E-state index is 0.0658. The molecule has 2 atom stereocenters. The third-order valence-electron chi connectivity index (χ3n) is 4.04. The first-order chi connectivity index (χ1) is 14.9. The van der Waals surface area contributed by atoms with E-state index in [1.54, 1.807) is 11.5 Å². The number of nitrogens with one attached hydrogen (secondary N) is 1. The molecular weight excluding hydrogens is 468 g/mol. The molecule has 0 saturated carbocycles. The predicted molar refractivity (Wildman–Crippen MR) is 117 cm³/mol. The Labute approximate surface area is 187 Å². The highest BCUT2D eigenvalue weighted by atomic mass is 32.2. The smallest absolute Gasteiger partial charge is 0.353 e. The van der Waals surface area contributed by atoms with Gasteiger partial charge >= 0.3 is 5.97 Å². The summed E-state index contributed by atoms with van der Waals surface area (Å²) in [6.45, 7) is 0. The van der Waals surface area contributed by atoms with E-state index in [1.807, 2.05) is 0 Å². The predicted octanol–water partition coefficient (Wildman–Crippen LogP) is 0.479. The van der Waals surface area contributed by atoms with E-state index in [9.17, 15) is 24.7 Å². The summed E-state index contributed by atoms with van der Waals surface area (Å²) in [6.07, 6.45) is 2.96. The van der Waals surface area contributed by atoms with Crippen LogP contribution < -0.4 is 11.1 Å². The molecule has 1 aromatic rings. The van der Waals surface area contributed by atoms with Crippen LogP contribution in [0.3, 0.4) is 0 Å². The van der Waals surface area contributed by atoms with Crippen molar-refractivity contribution in [1.29, 1.82) is 0 Å². The van der Waals surface area contributed by atoms with Crippen LogP contribution in [0.15, 0.2) is 37.8 Å². The van der Waals surface area contributed by atoms with Crippen LogP contribution >= 0.6 is 34.9 Å². The normalized spacial score (nSPS) is 21.4. The molecule has 0 spiro atoms. The monoisotopic (exact) mass is 484 g/mol. The van der Waals surface area contributed by atoms with Gasteiger partial charge < -0.3 is 26.2 Å². The molecule has 1 aromatic heterocycles. The summed E-state index contributed by atoms with van der Waals surface area (Å²) < 4.78 is 0. The van der Waals surface area contributed by atoms with E-state index in [1.165, 1.54) is 30.5 Å². The summed E-state index contributed by atoms with van der Waals surface area (Å²) in [5, 5.41) is 30.4. The number of fused-ring (bicyclic) bond motifs is 1. The fraction of sp³-hybridized carbons (Fsp3) is 0.250. The van der Waals surface area contributed by atoms with Crippen molar-refractivity contribution < 1.29 is 29.5 Å². The number of thiazole rings is 1. The van der Waals surface area contributed by atoms with Crippen LogP contribution in [-0.4, -0.2) is 74.2 Å². The molecule has 15 heteroatoms. The van der Waals surface area contributed by atoms with Crippen LogP contribution in [-0.2, 0) is 19.2 Å². The van der Waals surface area contributed by atoms with Gasteiger partial charge in [-0.1, -0.05) is 22.1 Å². The van der Waals surface area contributed by atoms with Crippen molar-refractivity contribution >= 4 is 69.7 Å². The number of thioether (sulfide) groups is 2. The molecule has 164 valence electrons. The number of nitrogen functional groups attached to an aromatic ring is 1. The lowest BCUT2D eigenvalue weighted by atomic mass is 10.0. The average Bonchev–Trinajstić information content (AvgIpc) is 3.17. The van der Waals surface area contributed by atoms with Gasteiger partial charge in [0.25, 0.3) is 11.8 Å². The van der Waals surface area contributed by atoms with Crippen LogP contribution in [0.5, 0.6) is 0 Å². The summed E-state index contributed by atoms with van der Waals surface area (Å²) in [4.78, 5) is 47.0. The highest BCUT2D eigenvalue weighted by Crippen LogP contribution is 2.43. The van der Waals surface area contributed by atoms with Gasteiger partial charge in [-0.25, -0.2) is 9.78 Å². The zero-order valence-electron chi connectivity index (χ0n) is 15.8. The third-order valence-corrected chi connectivity index (χ3v) is 7.10. The van der Waals surface area contributed by atoms with Gasteiger partial charge in [0.15, 0.2) is 10.8 Å². The molecule has 5 N–H and O–H groups in total. The summed E-state index contributed by atoms with van der Waals surface area (Å²) in [6, 6.07) is -0.976. The SMILES string of the molecule is CO/N=C/C=C\SC1=C(C(=O)O)N2C(=O)C(NC(=O)/C(=N\O)c3csc(N)n3)[C@H]2SC1. The molecule has 1 saturated heterocycles. The standard InChI is InChI=1S/C16H16N6O6S3/c1-28-18-3-2-4-29-8-6-30-14-10(13(24)22(14)11(8)15(25)26)20-12(23)9(21-27)7-5-31-16(17)19-7/h2-5,10,14,27H,6H2,1H3,(H2,17,19)(H,20,23)(H,25,26)/b4-2-,18-3+,21-9-/t10?,14-/m1/s1. The molecule has 2 amide bonds. The highest BCUT2D eigenvalue weighted by molar-refractivity contribution is 8.08. The zero-order valence-corrected chi connectivity index (χ0v) is 18.2. The summed E-state index contributed by atoms with van der Waals surface area (Å²) in [5.74, 6) is -2.34. The number of hydrogen-bond acceptors (Lipinski definition) is 12. The maximum absolute atomic E-state index is 12.7. The number of nitrogens with two attached hydrogens (primary N) is 1. The Morgan fingerprint density at radius 3 is 2.90 bits per heavy atom. The summed E-state index contributed by atoms with van der Waals surface area (Å²) in [7, 11) is 1.40. The Morgan fingerprint density at radius 2 is 2.29 bits per heavy atom. The van der Waals surface area contributed by atoms with Crippen molar-refractivity contribution in [1.82, 2.24) is 15.2 Å². The van der Waals surface area contributed by atoms with Crippen LogP contribution in [0.4, 0.5) is 5.13 Å². The number of carboxylic acids is 1. The highest BCUT2D eigenvalue weighted by Gasteiger charge is 2.54. The minimum atomic E-state index is -1.25. The molecule has 3 heterocycles. The molecule has 2 aliphatic rings. The first-order valence-electron chi connectivity index (χ1n) is 8.42. The van der Waals surface area contributed by atoms with Gasteiger partial charge in [0.1, 0.15) is 29.9 Å². The number of anilines is 1. The summed E-state index contributed by atoms with van der Waals surface area (Å²) >= 11 is 3.51. The number of carbonyl (C=O) groups excluding carboxylic acids is 2. The van der Waals surface area contributed by atoms with Crippen LogP contribution in [0, 0.1) is 0 Å². The Kier molecular flexibility index (Phi) is 7.19. The first-order valence-corrected chi connectivity index (χ1v) is 11.2. The number of carbonyl (C=O) groups is 3. The van der Waals surface area contributed by atoms with Crippen molar-refractivity contribution in [2.75, 3.05) is 18.6 Å². The van der Waals surface area contributed by atoms with Gasteiger partial charge in [-0.15, -0.1) is 23.1 Å². The topological polar surface area (TPSA) is 180 Å². The van der Waals surface area contributed by atoms with E-state index in [0.29, 0.717) is 10.7 Å². The van der Waals surface area contributed by atoms with E-state index in [4.69, 9.17) is 5.73 Å². The second kappa shape index (κ2) is 9.84. The Bertz CT molecular complexity index is 1020. The Morgan fingerprint density at radius 1 is 1.52 bits per heavy atom. The number of β-lactam (4-membered cyclic amide) rings is 1. The minimum Gasteiger partial charge on any atom is -0.477 e. The molecule has 2 aliphatic heterocycles.